The van der Waals surface area contributed by atoms with Gasteiger partial charge in [0.1, 0.15) is 12.4 Å². The molecule has 2 nitrogen and oxygen atoms in total. The second-order valence-electron chi connectivity index (χ2n) is 4.70. The minimum absolute atomic E-state index is 0.167. The Balaban J connectivity index is 2.40. The number of hydrogen-bond donors (Lipinski definition) is 1. The molecule has 0 unspecified atom stereocenters. The van der Waals surface area contributed by atoms with E-state index in [-0.39, 0.29) is 6.61 Å². The van der Waals surface area contributed by atoms with Crippen LogP contribution in [-0.4, -0.2) is 0 Å². The van der Waals surface area contributed by atoms with Gasteiger partial charge in [0.2, 0.25) is 0 Å². The summed E-state index contributed by atoms with van der Waals surface area (Å²) in [6, 6.07) is 9.25. The van der Waals surface area contributed by atoms with Crippen molar-refractivity contribution in [2.75, 3.05) is 5.73 Å². The molecule has 0 spiro atoms. The van der Waals surface area contributed by atoms with E-state index in [0.717, 1.165) is 0 Å². The largest absolute Gasteiger partial charge is 0.489 e. The Hall–Kier alpha value is -2.38. The molecule has 0 aromatic heterocycles. The highest BCUT2D eigenvalue weighted by Gasteiger charge is 2.41. The van der Waals surface area contributed by atoms with E-state index in [0.29, 0.717) is 17.7 Å². The van der Waals surface area contributed by atoms with Crippen molar-refractivity contribution in [3.05, 3.63) is 59.2 Å². The first-order chi connectivity index (χ1) is 10.6. The van der Waals surface area contributed by atoms with E-state index >= 15 is 0 Å². The van der Waals surface area contributed by atoms with Crippen LogP contribution in [-0.2, 0) is 19.0 Å². The van der Waals surface area contributed by atoms with Gasteiger partial charge in [0.25, 0.3) is 0 Å². The number of nitrogens with two attached hydrogens (primary N) is 1. The van der Waals surface area contributed by atoms with E-state index < -0.39 is 34.9 Å². The Morgan fingerprint density at radius 2 is 1.30 bits per heavy atom. The van der Waals surface area contributed by atoms with Crippen molar-refractivity contribution >= 4 is 5.69 Å². The van der Waals surface area contributed by atoms with Crippen LogP contribution in [0.2, 0.25) is 0 Å². The number of benzene rings is 2. The Morgan fingerprint density at radius 1 is 0.826 bits per heavy atom. The highest BCUT2D eigenvalue weighted by atomic mass is 19.4. The first kappa shape index (κ1) is 17.0. The summed E-state index contributed by atoms with van der Waals surface area (Å²) in [5.74, 6) is -0.553. The lowest BCUT2D eigenvalue weighted by Gasteiger charge is -2.18. The van der Waals surface area contributed by atoms with Crippen LogP contribution in [0.5, 0.6) is 5.75 Å². The molecule has 0 aliphatic rings. The van der Waals surface area contributed by atoms with E-state index in [1.54, 1.807) is 30.3 Å². The monoisotopic (exact) mass is 335 g/mol. The molecule has 0 aliphatic heterocycles. The van der Waals surface area contributed by atoms with Gasteiger partial charge in [-0.2, -0.15) is 26.3 Å². The second-order valence-corrected chi connectivity index (χ2v) is 4.70. The van der Waals surface area contributed by atoms with Gasteiger partial charge in [-0.05, 0) is 17.7 Å². The molecule has 2 aromatic carbocycles. The summed E-state index contributed by atoms with van der Waals surface area (Å²) in [5, 5.41) is 0. The maximum absolute atomic E-state index is 12.9. The highest BCUT2D eigenvalue weighted by Crippen LogP contribution is 2.43. The fourth-order valence-electron chi connectivity index (χ4n) is 1.92. The molecular weight excluding hydrogens is 324 g/mol. The average Bonchev–Trinajstić information content (AvgIpc) is 2.44. The van der Waals surface area contributed by atoms with Crippen LogP contribution in [0.4, 0.5) is 32.0 Å². The maximum atomic E-state index is 12.9. The third kappa shape index (κ3) is 4.08. The van der Waals surface area contributed by atoms with Crippen LogP contribution in [0, 0.1) is 0 Å². The standard InChI is InChI=1S/C15H11F6NO/c16-14(17,18)11-6-10(7-12(13(11)22)15(19,20)21)23-8-9-4-2-1-3-5-9/h1-7H,8,22H2. The Morgan fingerprint density at radius 3 is 1.74 bits per heavy atom. The summed E-state index contributed by atoms with van der Waals surface area (Å²) < 4.78 is 82.2. The fourth-order valence-corrected chi connectivity index (χ4v) is 1.92. The molecule has 124 valence electrons. The van der Waals surface area contributed by atoms with Crippen LogP contribution < -0.4 is 10.5 Å². The lowest BCUT2D eigenvalue weighted by atomic mass is 10.1. The van der Waals surface area contributed by atoms with Crippen LogP contribution in [0.25, 0.3) is 0 Å². The number of alkyl halides is 6. The number of ether oxygens (including phenoxy) is 1. The SMILES string of the molecule is Nc1c(C(F)(F)F)cc(OCc2ccccc2)cc1C(F)(F)F. The van der Waals surface area contributed by atoms with Gasteiger partial charge in [-0.1, -0.05) is 30.3 Å². The summed E-state index contributed by atoms with van der Waals surface area (Å²) in [5.41, 5.74) is 1.13. The van der Waals surface area contributed by atoms with Gasteiger partial charge in [0, 0.05) is 0 Å². The number of anilines is 1. The van der Waals surface area contributed by atoms with Crippen LogP contribution in [0.1, 0.15) is 16.7 Å². The topological polar surface area (TPSA) is 35.2 Å². The van der Waals surface area contributed by atoms with Gasteiger partial charge in [-0.25, -0.2) is 0 Å². The maximum Gasteiger partial charge on any atom is 0.418 e. The first-order valence-electron chi connectivity index (χ1n) is 6.33. The minimum Gasteiger partial charge on any atom is -0.489 e. The van der Waals surface area contributed by atoms with Gasteiger partial charge < -0.3 is 10.5 Å². The smallest absolute Gasteiger partial charge is 0.418 e. The Kier molecular flexibility index (Phi) is 4.44. The first-order valence-corrected chi connectivity index (χ1v) is 6.33. The zero-order chi connectivity index (χ0) is 17.3. The highest BCUT2D eigenvalue weighted by molar-refractivity contribution is 5.59. The van der Waals surface area contributed by atoms with Crippen molar-refractivity contribution in [1.82, 2.24) is 0 Å². The van der Waals surface area contributed by atoms with Crippen LogP contribution >= 0.6 is 0 Å². The second kappa shape index (κ2) is 6.02. The molecule has 0 saturated heterocycles. The normalized spacial score (nSPS) is 12.3. The third-order valence-electron chi connectivity index (χ3n) is 3.01. The van der Waals surface area contributed by atoms with E-state index in [1.807, 2.05) is 0 Å². The van der Waals surface area contributed by atoms with Crippen LogP contribution in [0.3, 0.4) is 0 Å². The molecule has 2 aromatic rings. The number of rotatable bonds is 3. The third-order valence-corrected chi connectivity index (χ3v) is 3.01. The molecule has 2 N–H and O–H groups in total. The van der Waals surface area contributed by atoms with Gasteiger partial charge in [-0.15, -0.1) is 0 Å². The summed E-state index contributed by atoms with van der Waals surface area (Å²) in [6.07, 6.45) is -10.0. The minimum atomic E-state index is -5.02. The predicted octanol–water partition coefficient (Wildman–Crippen LogP) is 4.89. The zero-order valence-electron chi connectivity index (χ0n) is 11.5. The molecule has 0 heterocycles. The van der Waals surface area contributed by atoms with Crippen molar-refractivity contribution in [2.24, 2.45) is 0 Å². The zero-order valence-corrected chi connectivity index (χ0v) is 11.5. The molecule has 0 atom stereocenters. The van der Waals surface area contributed by atoms with Crippen molar-refractivity contribution < 1.29 is 31.1 Å². The molecule has 0 bridgehead atoms. The van der Waals surface area contributed by atoms with E-state index in [4.69, 9.17) is 10.5 Å². The molecule has 0 saturated carbocycles. The average molecular weight is 335 g/mol. The number of nitrogen functional groups attached to an aromatic ring is 1. The predicted molar refractivity (Wildman–Crippen MR) is 71.6 cm³/mol. The van der Waals surface area contributed by atoms with Gasteiger partial charge >= 0.3 is 12.4 Å². The lowest BCUT2D eigenvalue weighted by Crippen LogP contribution is -2.16. The van der Waals surface area contributed by atoms with E-state index in [2.05, 4.69) is 0 Å². The van der Waals surface area contributed by atoms with Crippen molar-refractivity contribution in [1.29, 1.82) is 0 Å². The number of halogens is 6. The Bertz CT molecular complexity index is 644. The summed E-state index contributed by atoms with van der Waals surface area (Å²) in [4.78, 5) is 0. The molecule has 0 amide bonds. The lowest BCUT2D eigenvalue weighted by molar-refractivity contribution is -0.141. The van der Waals surface area contributed by atoms with Crippen LogP contribution in [0.15, 0.2) is 42.5 Å². The molecular formula is C15H11F6NO. The molecule has 0 radical (unpaired) electrons. The molecule has 23 heavy (non-hydrogen) atoms. The van der Waals surface area contributed by atoms with E-state index in [1.165, 1.54) is 0 Å². The fraction of sp³-hybridized carbons (Fsp3) is 0.200. The Labute approximate surface area is 127 Å². The van der Waals surface area contributed by atoms with Crippen molar-refractivity contribution in [3.63, 3.8) is 0 Å². The molecule has 0 aliphatic carbocycles. The van der Waals surface area contributed by atoms with Gasteiger partial charge in [0.15, 0.2) is 0 Å². The van der Waals surface area contributed by atoms with E-state index in [9.17, 15) is 26.3 Å². The molecule has 2 rings (SSSR count). The van der Waals surface area contributed by atoms with Gasteiger partial charge in [-0.3, -0.25) is 0 Å². The van der Waals surface area contributed by atoms with Crippen molar-refractivity contribution in [2.45, 2.75) is 19.0 Å². The summed E-state index contributed by atoms with van der Waals surface area (Å²) >= 11 is 0. The number of hydrogen-bond acceptors (Lipinski definition) is 2. The molecule has 0 fully saturated rings. The van der Waals surface area contributed by atoms with Crippen molar-refractivity contribution in [3.8, 4) is 5.75 Å². The molecule has 8 heteroatoms. The summed E-state index contributed by atoms with van der Waals surface area (Å²) in [6.45, 7) is -0.167. The van der Waals surface area contributed by atoms with Gasteiger partial charge in [0.05, 0.1) is 16.8 Å². The summed E-state index contributed by atoms with van der Waals surface area (Å²) in [7, 11) is 0. The quantitative estimate of drug-likeness (QED) is 0.640.